The largest absolute Gasteiger partial charge is 0.456 e. The van der Waals surface area contributed by atoms with Crippen LogP contribution in [-0.2, 0) is 72.7 Å². The topological polar surface area (TPSA) is 377 Å². The van der Waals surface area contributed by atoms with Crippen LogP contribution in [0.5, 0.6) is 0 Å². The second-order valence-electron chi connectivity index (χ2n) is 26.6. The van der Waals surface area contributed by atoms with Crippen LogP contribution >= 0.6 is 0 Å². The van der Waals surface area contributed by atoms with Crippen molar-refractivity contribution in [2.24, 2.45) is 23.2 Å². The monoisotopic (exact) mass is 1460 g/mol. The number of likely N-dealkylation sites (N-methyl/N-ethyl adjacent to an activating group) is 3. The van der Waals surface area contributed by atoms with E-state index in [1.54, 1.807) is 0 Å². The van der Waals surface area contributed by atoms with Gasteiger partial charge in [-0.1, -0.05) is 47.6 Å². The van der Waals surface area contributed by atoms with Crippen molar-refractivity contribution in [2.45, 2.75) is 142 Å². The highest BCUT2D eigenvalue weighted by Crippen LogP contribution is 2.44. The molecule has 2 aromatic carbocycles. The van der Waals surface area contributed by atoms with E-state index in [2.05, 4.69) is 25.4 Å². The molecule has 1 saturated heterocycles. The highest BCUT2D eigenvalue weighted by atomic mass is 32.2. The van der Waals surface area contributed by atoms with Crippen LogP contribution in [-0.4, -0.2) is 247 Å². The molecule has 5 rings (SSSR count). The maximum absolute atomic E-state index is 14.5. The molecule has 101 heavy (non-hydrogen) atoms. The van der Waals surface area contributed by atoms with Crippen LogP contribution in [0.4, 0.5) is 5.69 Å². The smallest absolute Gasteiger partial charge is 0.295 e. The summed E-state index contributed by atoms with van der Waals surface area (Å²) in [7, 11) is -6.12. The summed E-state index contributed by atoms with van der Waals surface area (Å²) >= 11 is 0. The summed E-state index contributed by atoms with van der Waals surface area (Å²) in [6.45, 7) is 19.5. The number of piperazine rings is 1. The van der Waals surface area contributed by atoms with Crippen LogP contribution in [0.15, 0.2) is 68.8 Å². The van der Waals surface area contributed by atoms with E-state index >= 15 is 0 Å². The third-order valence-corrected chi connectivity index (χ3v) is 20.0. The highest BCUT2D eigenvalue weighted by molar-refractivity contribution is 7.89. The molecule has 7 amide bonds. The van der Waals surface area contributed by atoms with E-state index < -0.39 is 94.8 Å². The van der Waals surface area contributed by atoms with Gasteiger partial charge in [-0.2, -0.15) is 12.7 Å². The number of nitrogens with zero attached hydrogens (tertiary/aromatic N) is 7. The van der Waals surface area contributed by atoms with Gasteiger partial charge in [0.05, 0.1) is 75.7 Å². The normalized spacial score (nSPS) is 14.1. The zero-order chi connectivity index (χ0) is 75.1. The maximum atomic E-state index is 14.5. The minimum absolute atomic E-state index is 0.0351. The Kier molecular flexibility index (Phi) is 32.9. The van der Waals surface area contributed by atoms with Gasteiger partial charge in [0.25, 0.3) is 27.8 Å². The maximum Gasteiger partial charge on any atom is 0.295 e. The van der Waals surface area contributed by atoms with E-state index in [4.69, 9.17) is 23.4 Å². The van der Waals surface area contributed by atoms with Gasteiger partial charge < -0.3 is 49.1 Å². The van der Waals surface area contributed by atoms with E-state index in [1.165, 1.54) is 17.0 Å². The lowest BCUT2D eigenvalue weighted by molar-refractivity contribution is -0.163. The number of anilines is 1. The minimum atomic E-state index is -5.11. The number of ether oxygens (including phenoxy) is 4. The fraction of sp³-hybridized carbons (Fsp3) is 0.623. The number of sulfonamides is 1. The molecule has 30 nitrogen and oxygen atoms in total. The molecule has 0 aromatic heterocycles. The number of hydrogen-bond acceptors (Lipinski definition) is 20. The highest BCUT2D eigenvalue weighted by Gasteiger charge is 2.37. The summed E-state index contributed by atoms with van der Waals surface area (Å²) in [5.41, 5.74) is 0.933. The van der Waals surface area contributed by atoms with Gasteiger partial charge in [-0.15, -0.1) is 0 Å². The van der Waals surface area contributed by atoms with E-state index in [1.807, 2.05) is 106 Å². The van der Waals surface area contributed by atoms with Gasteiger partial charge in [-0.05, 0) is 95.0 Å². The summed E-state index contributed by atoms with van der Waals surface area (Å²) in [5.74, 6) is -3.98. The Morgan fingerprint density at radius 2 is 1.00 bits per heavy atom. The quantitative estimate of drug-likeness (QED) is 0.00791. The molecule has 0 radical (unpaired) electrons. The van der Waals surface area contributed by atoms with Gasteiger partial charge in [-0.3, -0.25) is 53.7 Å². The summed E-state index contributed by atoms with van der Waals surface area (Å²) < 4.78 is 101. The van der Waals surface area contributed by atoms with Crippen LogP contribution in [0.3, 0.4) is 0 Å². The van der Waals surface area contributed by atoms with Crippen molar-refractivity contribution < 1.29 is 93.9 Å². The molecule has 32 heteroatoms. The first-order valence-corrected chi connectivity index (χ1v) is 37.3. The van der Waals surface area contributed by atoms with E-state index in [0.29, 0.717) is 69.2 Å². The Balaban J connectivity index is 1.38. The number of carbonyl (C=O) groups is 7. The summed E-state index contributed by atoms with van der Waals surface area (Å²) in [6.07, 6.45) is -0.314. The Hall–Kier alpha value is -7.24. The second kappa shape index (κ2) is 39.4. The number of hydrogen-bond donors (Lipinski definition) is 7. The molecule has 0 saturated carbocycles. The summed E-state index contributed by atoms with van der Waals surface area (Å²) in [4.78, 5) is 94.6. The fourth-order valence-corrected chi connectivity index (χ4v) is 14.2. The van der Waals surface area contributed by atoms with Crippen LogP contribution in [0, 0.1) is 23.2 Å². The lowest BCUT2D eigenvalue weighted by Gasteiger charge is -2.34. The molecule has 2 heterocycles. The zero-order valence-electron chi connectivity index (χ0n) is 60.7. The Labute approximate surface area is 593 Å². The predicted octanol–water partition coefficient (Wildman–Crippen LogP) is 4.69. The number of fused-ring (bicyclic) bond motifs is 2. The molecule has 3 aliphatic rings. The van der Waals surface area contributed by atoms with Crippen molar-refractivity contribution in [3.05, 3.63) is 60.0 Å². The van der Waals surface area contributed by atoms with Crippen molar-refractivity contribution >= 4 is 78.1 Å². The SMILES string of the molecule is CCN(CC)c1ccc2c(-c3ccc(S(=O)(=O)N4CCN(C(=O)CCOCC(COCCC(=O)N[C@@H](CC(C)C)C(=O)N(C)O)(COCCC(=O)N[C@@H](CC(C)C)C(=O)N(C)O)COCCC(=O)N[C@@H](CC(C)C)C(=O)N(C)O)CC4)cc3S(=O)(=O)O)c3ccc(=[N+](CC)CC)cc-3oc2c1. The molecule has 2 aromatic rings. The number of rotatable bonds is 41. The Bertz CT molecular complexity index is 3580. The summed E-state index contributed by atoms with van der Waals surface area (Å²) in [5, 5.41) is 40.2. The average molecular weight is 1460 g/mol. The number of benzene rings is 3. The lowest BCUT2D eigenvalue weighted by Crippen LogP contribution is -2.50. The van der Waals surface area contributed by atoms with Crippen LogP contribution in [0.25, 0.3) is 33.4 Å². The van der Waals surface area contributed by atoms with Gasteiger partial charge in [0.2, 0.25) is 39.0 Å². The van der Waals surface area contributed by atoms with Crippen molar-refractivity contribution in [1.82, 2.24) is 44.9 Å². The second-order valence-corrected chi connectivity index (χ2v) is 30.0. The van der Waals surface area contributed by atoms with Crippen molar-refractivity contribution in [1.29, 1.82) is 0 Å². The van der Waals surface area contributed by atoms with Gasteiger partial charge in [0, 0.05) is 120 Å². The molecule has 2 aliphatic heterocycles. The van der Waals surface area contributed by atoms with Gasteiger partial charge in [-0.25, -0.2) is 28.2 Å². The molecule has 1 fully saturated rings. The van der Waals surface area contributed by atoms with E-state index in [0.717, 1.165) is 42.6 Å². The molecular formula is C69H107N10O20S2+. The molecular weight excluding hydrogens is 1350 g/mol. The molecule has 3 atom stereocenters. The number of carbonyl (C=O) groups excluding carboxylic acids is 7. The third-order valence-electron chi connectivity index (χ3n) is 17.2. The average Bonchev–Trinajstić information content (AvgIpc) is 0.740. The standard InChI is InChI=1S/C69H106N10O20S2/c1-14-76(15-2)49-18-21-52-58(39-49)99-59-40-50(77(16-3)17-4)19-22-53(59)65(52)54-23-20-51(41-60(54)101(92,93)94)100(90,91)79-30-28-78(29-31-79)64(83)27-35-98-45-69(42-95-32-24-61(80)70-55(36-46(5)6)66(84)73(11)87,43-96-33-25-62(81)71-56(37-47(7)8)67(85)74(12)88)44-97-34-26-63(82)72-57(38-48(9)10)68(86)75(13)89/h18-23,39-41,46-48,55-57,87-89H,14-17,24-38,42-45H2,1-13H3,(H3-,70,71,72,80,81,82,92,93,94)/p+1/t55-,56-,57-/m0/s1. The molecule has 0 bridgehead atoms. The Morgan fingerprint density at radius 1 is 0.574 bits per heavy atom. The van der Waals surface area contributed by atoms with E-state index in [-0.39, 0.29) is 147 Å². The molecule has 0 spiro atoms. The first kappa shape index (κ1) is 84.4. The van der Waals surface area contributed by atoms with Gasteiger partial charge in [0.15, 0.2) is 0 Å². The first-order chi connectivity index (χ1) is 47.6. The lowest BCUT2D eigenvalue weighted by atomic mass is 9.92. The van der Waals surface area contributed by atoms with Gasteiger partial charge in [0.1, 0.15) is 47.5 Å². The van der Waals surface area contributed by atoms with Crippen LogP contribution in [0.1, 0.15) is 114 Å². The number of hydroxylamine groups is 6. The zero-order valence-corrected chi connectivity index (χ0v) is 62.3. The van der Waals surface area contributed by atoms with Crippen LogP contribution < -0.4 is 30.8 Å². The van der Waals surface area contributed by atoms with Crippen molar-refractivity contribution in [2.75, 3.05) is 131 Å². The van der Waals surface area contributed by atoms with Crippen LogP contribution in [0.2, 0.25) is 0 Å². The minimum Gasteiger partial charge on any atom is -0.456 e. The fourth-order valence-electron chi connectivity index (χ4n) is 11.9. The molecule has 564 valence electrons. The van der Waals surface area contributed by atoms with Crippen molar-refractivity contribution in [3.63, 3.8) is 0 Å². The number of amides is 7. The summed E-state index contributed by atoms with van der Waals surface area (Å²) in [6, 6.07) is 11.7. The van der Waals surface area contributed by atoms with E-state index in [9.17, 15) is 70.6 Å². The van der Waals surface area contributed by atoms with Crippen molar-refractivity contribution in [3.8, 4) is 22.5 Å². The number of nitrogens with one attached hydrogen (secondary N) is 3. The van der Waals surface area contributed by atoms with Gasteiger partial charge >= 0.3 is 0 Å². The molecule has 1 aliphatic carbocycles. The predicted molar refractivity (Wildman–Crippen MR) is 375 cm³/mol. The molecule has 7 N–H and O–H groups in total. The molecule has 0 unspecified atom stereocenters. The Morgan fingerprint density at radius 3 is 1.40 bits per heavy atom. The first-order valence-electron chi connectivity index (χ1n) is 34.4. The third kappa shape index (κ3) is 24.7.